The molecule has 3 nitrogen and oxygen atoms in total. The van der Waals surface area contributed by atoms with E-state index in [1.54, 1.807) is 0 Å². The second-order valence-electron chi connectivity index (χ2n) is 2.78. The Morgan fingerprint density at radius 2 is 2.25 bits per heavy atom. The summed E-state index contributed by atoms with van der Waals surface area (Å²) in [5, 5.41) is -0.250. The van der Waals surface area contributed by atoms with E-state index in [0.717, 1.165) is 13.3 Å². The van der Waals surface area contributed by atoms with E-state index in [2.05, 4.69) is 9.72 Å². The molecule has 0 spiro atoms. The lowest BCUT2D eigenvalue weighted by Crippen LogP contribution is -2.09. The van der Waals surface area contributed by atoms with Gasteiger partial charge in [-0.1, -0.05) is 11.6 Å². The van der Waals surface area contributed by atoms with Crippen molar-refractivity contribution in [3.63, 3.8) is 0 Å². The van der Waals surface area contributed by atoms with Gasteiger partial charge in [-0.15, -0.1) is 11.6 Å². The number of ether oxygens (including phenoxy) is 1. The molecule has 1 aromatic heterocycles. The molecular weight excluding hydrogens is 263 g/mol. The van der Waals surface area contributed by atoms with Crippen LogP contribution in [0.5, 0.6) is 0 Å². The molecule has 16 heavy (non-hydrogen) atoms. The third-order valence-electron chi connectivity index (χ3n) is 1.88. The predicted octanol–water partition coefficient (Wildman–Crippen LogP) is 3.20. The zero-order valence-corrected chi connectivity index (χ0v) is 9.65. The molecule has 0 atom stereocenters. The zero-order valence-electron chi connectivity index (χ0n) is 8.14. The second-order valence-corrected chi connectivity index (χ2v) is 3.43. The number of hydrogen-bond acceptors (Lipinski definition) is 3. The highest BCUT2D eigenvalue weighted by Crippen LogP contribution is 2.31. The summed E-state index contributed by atoms with van der Waals surface area (Å²) in [6.45, 7) is 0. The monoisotopic (exact) mass is 269 g/mol. The average Bonchev–Trinajstić information content (AvgIpc) is 2.26. The van der Waals surface area contributed by atoms with Crippen LogP contribution in [0, 0.1) is 0 Å². The number of hydrogen-bond donors (Lipinski definition) is 0. The first-order valence-corrected chi connectivity index (χ1v) is 5.03. The van der Waals surface area contributed by atoms with Crippen LogP contribution in [0.4, 0.5) is 8.78 Å². The van der Waals surface area contributed by atoms with Crippen molar-refractivity contribution in [2.45, 2.75) is 12.3 Å². The summed E-state index contributed by atoms with van der Waals surface area (Å²) in [5.74, 6) is -0.963. The fraction of sp³-hybridized carbons (Fsp3) is 0.333. The van der Waals surface area contributed by atoms with Gasteiger partial charge in [0.2, 0.25) is 0 Å². The SMILES string of the molecule is COC(=O)c1ncc(C(F)F)c(Cl)c1CCl. The van der Waals surface area contributed by atoms with Crippen LogP contribution in [0.1, 0.15) is 28.0 Å². The van der Waals surface area contributed by atoms with Crippen molar-refractivity contribution in [1.82, 2.24) is 4.98 Å². The molecule has 0 saturated heterocycles. The summed E-state index contributed by atoms with van der Waals surface area (Å²) in [7, 11) is 1.15. The van der Waals surface area contributed by atoms with E-state index in [-0.39, 0.29) is 22.2 Å². The first-order valence-electron chi connectivity index (χ1n) is 4.12. The van der Waals surface area contributed by atoms with Crippen molar-refractivity contribution >= 4 is 29.2 Å². The van der Waals surface area contributed by atoms with Gasteiger partial charge >= 0.3 is 5.97 Å². The van der Waals surface area contributed by atoms with Crippen molar-refractivity contribution in [2.75, 3.05) is 7.11 Å². The van der Waals surface area contributed by atoms with Crippen LogP contribution in [0.15, 0.2) is 6.20 Å². The molecule has 0 aliphatic rings. The van der Waals surface area contributed by atoms with Crippen LogP contribution in [-0.2, 0) is 10.6 Å². The maximum absolute atomic E-state index is 12.5. The smallest absolute Gasteiger partial charge is 0.357 e. The molecule has 1 heterocycles. The number of aromatic nitrogens is 1. The summed E-state index contributed by atoms with van der Waals surface area (Å²) in [5.41, 5.74) is -0.551. The average molecular weight is 270 g/mol. The van der Waals surface area contributed by atoms with Gasteiger partial charge in [0, 0.05) is 11.8 Å². The molecule has 7 heteroatoms. The molecule has 0 bridgehead atoms. The fourth-order valence-electron chi connectivity index (χ4n) is 1.09. The highest BCUT2D eigenvalue weighted by molar-refractivity contribution is 6.33. The number of nitrogens with zero attached hydrogens (tertiary/aromatic N) is 1. The van der Waals surface area contributed by atoms with Gasteiger partial charge in [-0.3, -0.25) is 0 Å². The van der Waals surface area contributed by atoms with E-state index in [4.69, 9.17) is 23.2 Å². The predicted molar refractivity (Wildman–Crippen MR) is 55.1 cm³/mol. The lowest BCUT2D eigenvalue weighted by atomic mass is 10.1. The molecular formula is C9H7Cl2F2NO2. The summed E-state index contributed by atoms with van der Waals surface area (Å²) >= 11 is 11.2. The Balaban J connectivity index is 3.35. The van der Waals surface area contributed by atoms with Gasteiger partial charge in [0.1, 0.15) is 0 Å². The minimum atomic E-state index is -2.77. The molecule has 88 valence electrons. The van der Waals surface area contributed by atoms with Crippen LogP contribution >= 0.6 is 23.2 Å². The van der Waals surface area contributed by atoms with Gasteiger partial charge < -0.3 is 4.74 Å². The third-order valence-corrected chi connectivity index (χ3v) is 2.60. The van der Waals surface area contributed by atoms with Crippen molar-refractivity contribution in [3.05, 3.63) is 28.0 Å². The molecule has 0 unspecified atom stereocenters. The van der Waals surface area contributed by atoms with Crippen LogP contribution < -0.4 is 0 Å². The quantitative estimate of drug-likeness (QED) is 0.625. The number of carbonyl (C=O) groups excluding carboxylic acids is 1. The number of halogens is 4. The number of esters is 1. The van der Waals surface area contributed by atoms with E-state index in [0.29, 0.717) is 0 Å². The maximum Gasteiger partial charge on any atom is 0.357 e. The molecule has 0 amide bonds. The summed E-state index contributed by atoms with van der Waals surface area (Å²) in [6.07, 6.45) is -1.93. The van der Waals surface area contributed by atoms with Crippen LogP contribution in [-0.4, -0.2) is 18.1 Å². The lowest BCUT2D eigenvalue weighted by molar-refractivity contribution is 0.0592. The maximum atomic E-state index is 12.5. The van der Waals surface area contributed by atoms with Crippen LogP contribution in [0.25, 0.3) is 0 Å². The van der Waals surface area contributed by atoms with Crippen molar-refractivity contribution in [3.8, 4) is 0 Å². The molecule has 0 saturated carbocycles. The van der Waals surface area contributed by atoms with E-state index in [1.165, 1.54) is 0 Å². The number of methoxy groups -OCH3 is 1. The van der Waals surface area contributed by atoms with Crippen molar-refractivity contribution in [1.29, 1.82) is 0 Å². The minimum absolute atomic E-state index is 0.0491. The topological polar surface area (TPSA) is 39.2 Å². The van der Waals surface area contributed by atoms with Gasteiger partial charge in [-0.25, -0.2) is 18.6 Å². The largest absolute Gasteiger partial charge is 0.464 e. The van der Waals surface area contributed by atoms with Gasteiger partial charge in [0.05, 0.1) is 23.6 Å². The summed E-state index contributed by atoms with van der Waals surface area (Å²) in [6, 6.07) is 0. The lowest BCUT2D eigenvalue weighted by Gasteiger charge is -2.10. The van der Waals surface area contributed by atoms with Crippen LogP contribution in [0.2, 0.25) is 5.02 Å². The first-order chi connectivity index (χ1) is 7.52. The van der Waals surface area contributed by atoms with Gasteiger partial charge in [0.25, 0.3) is 6.43 Å². The highest BCUT2D eigenvalue weighted by atomic mass is 35.5. The Morgan fingerprint density at radius 1 is 1.62 bits per heavy atom. The first kappa shape index (κ1) is 13.1. The molecule has 0 aliphatic heterocycles. The van der Waals surface area contributed by atoms with E-state index >= 15 is 0 Å². The highest BCUT2D eigenvalue weighted by Gasteiger charge is 2.22. The van der Waals surface area contributed by atoms with E-state index in [9.17, 15) is 13.6 Å². The Hall–Kier alpha value is -0.940. The summed E-state index contributed by atoms with van der Waals surface area (Å²) in [4.78, 5) is 14.8. The Labute approximate surface area is 100 Å². The minimum Gasteiger partial charge on any atom is -0.464 e. The van der Waals surface area contributed by atoms with Crippen LogP contribution in [0.3, 0.4) is 0 Å². The van der Waals surface area contributed by atoms with E-state index in [1.807, 2.05) is 0 Å². The molecule has 0 radical (unpaired) electrons. The van der Waals surface area contributed by atoms with E-state index < -0.39 is 18.0 Å². The fourth-order valence-corrected chi connectivity index (χ4v) is 1.71. The number of rotatable bonds is 3. The molecule has 0 aliphatic carbocycles. The zero-order chi connectivity index (χ0) is 12.3. The second kappa shape index (κ2) is 5.41. The van der Waals surface area contributed by atoms with Gasteiger partial charge in [-0.2, -0.15) is 0 Å². The standard InChI is InChI=1S/C9H7Cl2F2NO2/c1-16-9(15)7-4(2-10)6(11)5(3-14-7)8(12)13/h3,8H,2H2,1H3. The number of pyridine rings is 1. The van der Waals surface area contributed by atoms with Crippen molar-refractivity contribution < 1.29 is 18.3 Å². The molecule has 0 fully saturated rings. The molecule has 0 aromatic carbocycles. The Morgan fingerprint density at radius 3 is 2.69 bits per heavy atom. The number of alkyl halides is 3. The normalized spacial score (nSPS) is 10.6. The Bertz CT molecular complexity index is 413. The molecule has 1 rings (SSSR count). The van der Waals surface area contributed by atoms with Gasteiger partial charge in [0.15, 0.2) is 5.69 Å². The van der Waals surface area contributed by atoms with Crippen molar-refractivity contribution in [2.24, 2.45) is 0 Å². The third kappa shape index (κ3) is 2.41. The summed E-state index contributed by atoms with van der Waals surface area (Å²) < 4.78 is 29.4. The molecule has 1 aromatic rings. The number of carbonyl (C=O) groups is 1. The van der Waals surface area contributed by atoms with Gasteiger partial charge in [-0.05, 0) is 0 Å². The Kier molecular flexibility index (Phi) is 4.44. The molecule has 0 N–H and O–H groups in total.